The normalized spacial score (nSPS) is 11.4. The molecule has 2 aromatic rings. The minimum Gasteiger partial charge on any atom is -0.497 e. The number of hydrogen-bond donors (Lipinski definition) is 2. The maximum Gasteiger partial charge on any atom is 0.171 e. The molecule has 0 aromatic heterocycles. The Labute approximate surface area is 154 Å². The molecular weight excluding hydrogens is 336 g/mol. The Morgan fingerprint density at radius 2 is 1.76 bits per heavy atom. The zero-order valence-electron chi connectivity index (χ0n) is 15.0. The van der Waals surface area contributed by atoms with Crippen LogP contribution in [0.4, 0.5) is 5.69 Å². The number of benzene rings is 2. The molecule has 0 saturated heterocycles. The quantitative estimate of drug-likeness (QED) is 0.724. The van der Waals surface area contributed by atoms with Gasteiger partial charge in [0.1, 0.15) is 5.75 Å². The Hall–Kier alpha value is -2.47. The fraction of sp³-hybridized carbons (Fsp3) is 0.316. The fourth-order valence-corrected chi connectivity index (χ4v) is 2.78. The molecule has 0 unspecified atom stereocenters. The van der Waals surface area contributed by atoms with Crippen LogP contribution in [0.25, 0.3) is 0 Å². The van der Waals surface area contributed by atoms with Crippen molar-refractivity contribution in [2.24, 2.45) is 0 Å². The van der Waals surface area contributed by atoms with Crippen LogP contribution in [0, 0.1) is 0 Å². The highest BCUT2D eigenvalue weighted by atomic mass is 32.1. The summed E-state index contributed by atoms with van der Waals surface area (Å²) < 4.78 is 15.9. The molecule has 2 rings (SSSR count). The third-order valence-corrected chi connectivity index (χ3v) is 4.07. The molecule has 0 aliphatic rings. The second-order valence-electron chi connectivity index (χ2n) is 5.41. The van der Waals surface area contributed by atoms with Crippen molar-refractivity contribution in [1.29, 1.82) is 0 Å². The standard InChI is InChI=1S/C19H24N2O3S/c1-5-16(13-9-10-17(23-3)18(11-13)24-4)21-19(25)20-14-7-6-8-15(12-14)22-2/h6-12,16H,5H2,1-4H3,(H2,20,21,25)/t16-/m1/s1. The molecule has 0 bridgehead atoms. The molecule has 0 heterocycles. The lowest BCUT2D eigenvalue weighted by molar-refractivity contribution is 0.354. The van der Waals surface area contributed by atoms with Gasteiger partial charge < -0.3 is 24.8 Å². The summed E-state index contributed by atoms with van der Waals surface area (Å²) in [5.41, 5.74) is 1.95. The number of anilines is 1. The average Bonchev–Trinajstić information content (AvgIpc) is 2.65. The molecule has 0 amide bonds. The van der Waals surface area contributed by atoms with Crippen molar-refractivity contribution in [2.45, 2.75) is 19.4 Å². The van der Waals surface area contributed by atoms with Gasteiger partial charge in [0.15, 0.2) is 16.6 Å². The molecule has 6 heteroatoms. The van der Waals surface area contributed by atoms with Crippen LogP contribution in [0.3, 0.4) is 0 Å². The molecule has 0 spiro atoms. The van der Waals surface area contributed by atoms with E-state index in [4.69, 9.17) is 26.4 Å². The summed E-state index contributed by atoms with van der Waals surface area (Å²) in [5, 5.41) is 7.08. The van der Waals surface area contributed by atoms with Crippen LogP contribution < -0.4 is 24.8 Å². The van der Waals surface area contributed by atoms with Gasteiger partial charge in [-0.1, -0.05) is 19.1 Å². The number of thiocarbonyl (C=S) groups is 1. The SMILES string of the molecule is CC[C@@H](NC(=S)Nc1cccc(OC)c1)c1ccc(OC)c(OC)c1. The minimum atomic E-state index is 0.0606. The smallest absolute Gasteiger partial charge is 0.171 e. The molecule has 5 nitrogen and oxygen atoms in total. The van der Waals surface area contributed by atoms with Gasteiger partial charge in [-0.3, -0.25) is 0 Å². The largest absolute Gasteiger partial charge is 0.497 e. The molecule has 0 saturated carbocycles. The highest BCUT2D eigenvalue weighted by Gasteiger charge is 2.14. The Morgan fingerprint density at radius 1 is 1.00 bits per heavy atom. The first-order chi connectivity index (χ1) is 12.1. The topological polar surface area (TPSA) is 51.8 Å². The molecule has 0 fully saturated rings. The highest BCUT2D eigenvalue weighted by Crippen LogP contribution is 2.31. The van der Waals surface area contributed by atoms with Crippen molar-refractivity contribution < 1.29 is 14.2 Å². The molecule has 2 N–H and O–H groups in total. The summed E-state index contributed by atoms with van der Waals surface area (Å²) in [4.78, 5) is 0. The Bertz CT molecular complexity index is 722. The fourth-order valence-electron chi connectivity index (χ4n) is 2.52. The highest BCUT2D eigenvalue weighted by molar-refractivity contribution is 7.80. The first-order valence-corrected chi connectivity index (χ1v) is 8.45. The van der Waals surface area contributed by atoms with Crippen molar-refractivity contribution in [3.63, 3.8) is 0 Å². The van der Waals surface area contributed by atoms with Crippen molar-refractivity contribution in [3.8, 4) is 17.2 Å². The van der Waals surface area contributed by atoms with Gasteiger partial charge in [0, 0.05) is 11.8 Å². The van der Waals surface area contributed by atoms with Gasteiger partial charge in [0.25, 0.3) is 0 Å². The van der Waals surface area contributed by atoms with Crippen LogP contribution in [-0.2, 0) is 0 Å². The maximum atomic E-state index is 5.45. The number of nitrogens with one attached hydrogen (secondary N) is 2. The Kier molecular flexibility index (Phi) is 6.89. The molecule has 1 atom stereocenters. The number of ether oxygens (including phenoxy) is 3. The average molecular weight is 360 g/mol. The van der Waals surface area contributed by atoms with E-state index < -0.39 is 0 Å². The monoisotopic (exact) mass is 360 g/mol. The Balaban J connectivity index is 2.09. The zero-order valence-corrected chi connectivity index (χ0v) is 15.8. The van der Waals surface area contributed by atoms with Crippen LogP contribution >= 0.6 is 12.2 Å². The Morgan fingerprint density at radius 3 is 2.40 bits per heavy atom. The second-order valence-corrected chi connectivity index (χ2v) is 5.81. The first-order valence-electron chi connectivity index (χ1n) is 8.04. The van der Waals surface area contributed by atoms with Crippen LogP contribution in [0.2, 0.25) is 0 Å². The van der Waals surface area contributed by atoms with E-state index in [9.17, 15) is 0 Å². The van der Waals surface area contributed by atoms with E-state index in [1.807, 2.05) is 42.5 Å². The van der Waals surface area contributed by atoms with Crippen molar-refractivity contribution >= 4 is 23.0 Å². The second kappa shape index (κ2) is 9.13. The van der Waals surface area contributed by atoms with Crippen molar-refractivity contribution in [3.05, 3.63) is 48.0 Å². The maximum absolute atomic E-state index is 5.45. The molecule has 0 aliphatic carbocycles. The number of methoxy groups -OCH3 is 3. The zero-order chi connectivity index (χ0) is 18.2. The molecule has 25 heavy (non-hydrogen) atoms. The molecule has 2 aromatic carbocycles. The van der Waals surface area contributed by atoms with E-state index in [0.29, 0.717) is 16.6 Å². The summed E-state index contributed by atoms with van der Waals surface area (Å²) >= 11 is 5.45. The van der Waals surface area contributed by atoms with Gasteiger partial charge in [-0.05, 0) is 48.5 Å². The lowest BCUT2D eigenvalue weighted by atomic mass is 10.0. The minimum absolute atomic E-state index is 0.0606. The van der Waals surface area contributed by atoms with Crippen LogP contribution in [0.15, 0.2) is 42.5 Å². The lowest BCUT2D eigenvalue weighted by Crippen LogP contribution is -2.32. The summed E-state index contributed by atoms with van der Waals surface area (Å²) in [5.74, 6) is 2.19. The van der Waals surface area contributed by atoms with Crippen LogP contribution in [0.5, 0.6) is 17.2 Å². The van der Waals surface area contributed by atoms with Crippen molar-refractivity contribution in [2.75, 3.05) is 26.6 Å². The van der Waals surface area contributed by atoms with Gasteiger partial charge >= 0.3 is 0 Å². The van der Waals surface area contributed by atoms with Gasteiger partial charge in [0.05, 0.1) is 27.4 Å². The predicted octanol–water partition coefficient (Wildman–Crippen LogP) is 4.15. The third-order valence-electron chi connectivity index (χ3n) is 3.85. The summed E-state index contributed by atoms with van der Waals surface area (Å²) in [7, 11) is 4.89. The van der Waals surface area contributed by atoms with Gasteiger partial charge in [-0.2, -0.15) is 0 Å². The number of hydrogen-bond acceptors (Lipinski definition) is 4. The van der Waals surface area contributed by atoms with E-state index in [0.717, 1.165) is 23.4 Å². The van der Waals surface area contributed by atoms with Gasteiger partial charge in [0.2, 0.25) is 0 Å². The molecule has 0 aliphatic heterocycles. The third kappa shape index (κ3) is 5.00. The summed E-state index contributed by atoms with van der Waals surface area (Å²) in [6.07, 6.45) is 0.870. The van der Waals surface area contributed by atoms with Gasteiger partial charge in [-0.25, -0.2) is 0 Å². The van der Waals surface area contributed by atoms with Crippen LogP contribution in [0.1, 0.15) is 24.9 Å². The van der Waals surface area contributed by atoms with E-state index in [1.165, 1.54) is 0 Å². The summed E-state index contributed by atoms with van der Waals surface area (Å²) in [6.45, 7) is 2.10. The van der Waals surface area contributed by atoms with E-state index in [1.54, 1.807) is 21.3 Å². The summed E-state index contributed by atoms with van der Waals surface area (Å²) in [6, 6.07) is 13.6. The number of rotatable bonds is 7. The molecule has 134 valence electrons. The first kappa shape index (κ1) is 18.9. The molecular formula is C19H24N2O3S. The van der Waals surface area contributed by atoms with E-state index in [2.05, 4.69) is 17.6 Å². The predicted molar refractivity (Wildman–Crippen MR) is 105 cm³/mol. The van der Waals surface area contributed by atoms with Crippen molar-refractivity contribution in [1.82, 2.24) is 5.32 Å². The lowest BCUT2D eigenvalue weighted by Gasteiger charge is -2.21. The van der Waals surface area contributed by atoms with E-state index in [-0.39, 0.29) is 6.04 Å². The van der Waals surface area contributed by atoms with E-state index >= 15 is 0 Å². The van der Waals surface area contributed by atoms with Gasteiger partial charge in [-0.15, -0.1) is 0 Å². The van der Waals surface area contributed by atoms with Crippen LogP contribution in [-0.4, -0.2) is 26.4 Å². The molecule has 0 radical (unpaired) electrons.